The van der Waals surface area contributed by atoms with E-state index in [0.29, 0.717) is 0 Å². The number of hydrogen-bond acceptors (Lipinski definition) is 4. The topological polar surface area (TPSA) is 86.2 Å². The second-order valence-corrected chi connectivity index (χ2v) is 17.9. The molecular formula is C42H96N3O4P. The van der Waals surface area contributed by atoms with Crippen LogP contribution in [0.5, 0.6) is 0 Å². The molecule has 8 heteroatoms. The maximum Gasteiger partial charge on any atom is 0.0782 e. The van der Waals surface area contributed by atoms with Gasteiger partial charge in [0.25, 0.3) is 0 Å². The lowest BCUT2D eigenvalue weighted by Crippen LogP contribution is -2.41. The molecule has 0 unspecified atom stereocenters. The minimum Gasteiger partial charge on any atom is -0.822 e. The average molecular weight is 738 g/mol. The summed E-state index contributed by atoms with van der Waals surface area (Å²) >= 11 is 0. The SMILES string of the molecule is CCCCCC[N+](C)(C)CCCCCC.CCCCCC[N+](C)(C)CCCCCC.CCCCCC[N+](C)(C)CCCCCC.O=P([O-])([O-])[O-]. The Labute approximate surface area is 317 Å². The molecule has 0 saturated heterocycles. The van der Waals surface area contributed by atoms with Crippen molar-refractivity contribution >= 4 is 7.82 Å². The quantitative estimate of drug-likeness (QED) is 0.0417. The number of hydrogen-bond donors (Lipinski definition) is 0. The molecular weight excluding hydrogens is 641 g/mol. The molecule has 0 aromatic rings. The molecule has 0 fully saturated rings. The molecule has 0 aliphatic rings. The van der Waals surface area contributed by atoms with E-state index in [1.54, 1.807) is 0 Å². The van der Waals surface area contributed by atoms with Crippen LogP contribution in [-0.4, -0.2) is 95.0 Å². The van der Waals surface area contributed by atoms with Gasteiger partial charge in [0.1, 0.15) is 0 Å². The van der Waals surface area contributed by atoms with Crippen LogP contribution in [0.4, 0.5) is 0 Å². The Morgan fingerprint density at radius 1 is 0.300 bits per heavy atom. The van der Waals surface area contributed by atoms with E-state index in [9.17, 15) is 0 Å². The maximum absolute atomic E-state index is 8.55. The first kappa shape index (κ1) is 56.7. The molecule has 308 valence electrons. The number of quaternary nitrogens is 3. The first-order valence-electron chi connectivity index (χ1n) is 21.6. The minimum atomic E-state index is -5.39. The third-order valence-electron chi connectivity index (χ3n) is 9.70. The van der Waals surface area contributed by atoms with Crippen molar-refractivity contribution in [2.75, 3.05) is 81.6 Å². The van der Waals surface area contributed by atoms with Crippen LogP contribution < -0.4 is 14.7 Å². The highest BCUT2D eigenvalue weighted by Crippen LogP contribution is 2.11. The summed E-state index contributed by atoms with van der Waals surface area (Å²) in [6, 6.07) is 0. The Balaban J connectivity index is -0.000000296. The summed E-state index contributed by atoms with van der Waals surface area (Å²) in [6.07, 6.45) is 33.6. The lowest BCUT2D eigenvalue weighted by molar-refractivity contribution is -0.890. The van der Waals surface area contributed by atoms with E-state index in [2.05, 4.69) is 83.8 Å². The highest BCUT2D eigenvalue weighted by atomic mass is 31.2. The molecule has 0 radical (unpaired) electrons. The molecule has 7 nitrogen and oxygen atoms in total. The second kappa shape index (κ2) is 38.7. The summed E-state index contributed by atoms with van der Waals surface area (Å²) < 4.78 is 12.2. The molecule has 0 spiro atoms. The van der Waals surface area contributed by atoms with Crippen molar-refractivity contribution < 1.29 is 32.7 Å². The van der Waals surface area contributed by atoms with E-state index in [-0.39, 0.29) is 0 Å². The van der Waals surface area contributed by atoms with Crippen LogP contribution in [0.3, 0.4) is 0 Å². The van der Waals surface area contributed by atoms with Crippen LogP contribution in [0.2, 0.25) is 0 Å². The fourth-order valence-electron chi connectivity index (χ4n) is 6.14. The van der Waals surface area contributed by atoms with Crippen LogP contribution >= 0.6 is 7.82 Å². The molecule has 0 heterocycles. The predicted molar refractivity (Wildman–Crippen MR) is 218 cm³/mol. The standard InChI is InChI=1S/3C14H32N.H3O4P/c3*1-5-7-9-11-13-15(3,4)14-12-10-8-6-2;1-5(2,3)4/h3*5-14H2,1-4H3;(H3,1,2,3,4)/q3*+1;/p-3. The third kappa shape index (κ3) is 60.1. The fraction of sp³-hybridized carbons (Fsp3) is 1.00. The Morgan fingerprint density at radius 2 is 0.420 bits per heavy atom. The summed E-state index contributed by atoms with van der Waals surface area (Å²) in [5.41, 5.74) is 0. The normalized spacial score (nSPS) is 12.0. The van der Waals surface area contributed by atoms with Gasteiger partial charge in [-0.05, 0) is 77.0 Å². The zero-order chi connectivity index (χ0) is 39.2. The third-order valence-corrected chi connectivity index (χ3v) is 9.70. The van der Waals surface area contributed by atoms with Gasteiger partial charge in [-0.3, -0.25) is 0 Å². The van der Waals surface area contributed by atoms with Gasteiger partial charge in [-0.2, -0.15) is 7.82 Å². The van der Waals surface area contributed by atoms with Gasteiger partial charge in [-0.1, -0.05) is 119 Å². The van der Waals surface area contributed by atoms with E-state index in [1.165, 1.54) is 207 Å². The van der Waals surface area contributed by atoms with Crippen molar-refractivity contribution in [1.29, 1.82) is 0 Å². The summed E-state index contributed by atoms with van der Waals surface area (Å²) in [5, 5.41) is 0. The molecule has 0 bridgehead atoms. The lowest BCUT2D eigenvalue weighted by Gasteiger charge is -2.36. The van der Waals surface area contributed by atoms with E-state index in [0.717, 1.165) is 0 Å². The van der Waals surface area contributed by atoms with Gasteiger partial charge in [-0.15, -0.1) is 0 Å². The molecule has 50 heavy (non-hydrogen) atoms. The molecule has 0 aromatic carbocycles. The van der Waals surface area contributed by atoms with Gasteiger partial charge in [-0.25, -0.2) is 0 Å². The van der Waals surface area contributed by atoms with Crippen molar-refractivity contribution in [3.8, 4) is 0 Å². The largest absolute Gasteiger partial charge is 0.822 e. The van der Waals surface area contributed by atoms with Crippen molar-refractivity contribution in [3.63, 3.8) is 0 Å². The zero-order valence-corrected chi connectivity index (χ0v) is 37.5. The monoisotopic (exact) mass is 738 g/mol. The number of nitrogens with zero attached hydrogens (tertiary/aromatic N) is 3. The first-order valence-corrected chi connectivity index (χ1v) is 23.0. The summed E-state index contributed by atoms with van der Waals surface area (Å²) in [7, 11) is 8.93. The Bertz CT molecular complexity index is 572. The number of phosphoric acid groups is 1. The van der Waals surface area contributed by atoms with Crippen molar-refractivity contribution in [2.24, 2.45) is 0 Å². The maximum atomic E-state index is 8.55. The van der Waals surface area contributed by atoms with Gasteiger partial charge in [0.05, 0.1) is 81.6 Å². The van der Waals surface area contributed by atoms with Gasteiger partial charge in [0.15, 0.2) is 0 Å². The predicted octanol–water partition coefficient (Wildman–Crippen LogP) is 9.85. The highest BCUT2D eigenvalue weighted by molar-refractivity contribution is 7.40. The summed E-state index contributed by atoms with van der Waals surface area (Å²) in [5.74, 6) is 0. The van der Waals surface area contributed by atoms with Crippen molar-refractivity contribution in [2.45, 2.75) is 196 Å². The number of unbranched alkanes of at least 4 members (excludes halogenated alkanes) is 18. The Hall–Kier alpha value is -0.0100. The second-order valence-electron chi connectivity index (χ2n) is 17.0. The zero-order valence-electron chi connectivity index (χ0n) is 36.6. The molecule has 0 atom stereocenters. The highest BCUT2D eigenvalue weighted by Gasteiger charge is 2.15. The van der Waals surface area contributed by atoms with Crippen LogP contribution in [0.25, 0.3) is 0 Å². The molecule has 0 amide bonds. The number of rotatable bonds is 30. The van der Waals surface area contributed by atoms with Crippen LogP contribution in [0.1, 0.15) is 196 Å². The van der Waals surface area contributed by atoms with Gasteiger partial charge >= 0.3 is 0 Å². The Morgan fingerprint density at radius 3 is 0.520 bits per heavy atom. The molecule has 0 aliphatic heterocycles. The van der Waals surface area contributed by atoms with Crippen molar-refractivity contribution in [3.05, 3.63) is 0 Å². The van der Waals surface area contributed by atoms with Crippen LogP contribution in [0, 0.1) is 0 Å². The fourth-order valence-corrected chi connectivity index (χ4v) is 6.14. The van der Waals surface area contributed by atoms with E-state index >= 15 is 0 Å². The molecule has 0 saturated carbocycles. The van der Waals surface area contributed by atoms with E-state index < -0.39 is 7.82 Å². The van der Waals surface area contributed by atoms with Gasteiger partial charge < -0.3 is 32.7 Å². The van der Waals surface area contributed by atoms with E-state index in [4.69, 9.17) is 19.2 Å². The average Bonchev–Trinajstić information content (AvgIpc) is 3.02. The lowest BCUT2D eigenvalue weighted by atomic mass is 10.1. The smallest absolute Gasteiger partial charge is 0.0782 e. The van der Waals surface area contributed by atoms with Crippen molar-refractivity contribution in [1.82, 2.24) is 0 Å². The van der Waals surface area contributed by atoms with E-state index in [1.807, 2.05) is 0 Å². The summed E-state index contributed by atoms with van der Waals surface area (Å²) in [6.45, 7) is 21.9. The minimum absolute atomic E-state index is 1.23. The Kier molecular flexibility index (Phi) is 43.9. The summed E-state index contributed by atoms with van der Waals surface area (Å²) in [4.78, 5) is 25.6. The van der Waals surface area contributed by atoms with Gasteiger partial charge in [0.2, 0.25) is 0 Å². The molecule has 0 aliphatic carbocycles. The van der Waals surface area contributed by atoms with Crippen LogP contribution in [-0.2, 0) is 4.57 Å². The first-order chi connectivity index (χ1) is 23.4. The van der Waals surface area contributed by atoms with Crippen LogP contribution in [0.15, 0.2) is 0 Å². The molecule has 0 aromatic heterocycles. The molecule has 0 N–H and O–H groups in total. The molecule has 0 rings (SSSR count). The van der Waals surface area contributed by atoms with Gasteiger partial charge in [0, 0.05) is 0 Å².